The third-order valence-electron chi connectivity index (χ3n) is 6.73. The number of nitrogens with zero attached hydrogens (tertiary/aromatic N) is 1. The van der Waals surface area contributed by atoms with Crippen molar-refractivity contribution in [2.75, 3.05) is 4.90 Å². The maximum atomic E-state index is 12.3. The van der Waals surface area contributed by atoms with Gasteiger partial charge in [-0.3, -0.25) is 4.79 Å². The smallest absolute Gasteiger partial charge is 0.316 e. The van der Waals surface area contributed by atoms with Crippen molar-refractivity contribution in [3.05, 3.63) is 119 Å². The SMILES string of the molecule is CCC(C)(C)C(=O)Oc1ccc(/C=C/c2ccc(N(c3ccc(C)cc3)c3ccc(C)cc3)cc2)cc1. The number of hydrogen-bond donors (Lipinski definition) is 0. The normalized spacial score (nSPS) is 11.5. The number of carbonyl (C=O) groups excluding carboxylic acids is 1. The number of aryl methyl sites for hydroxylation is 2. The van der Waals surface area contributed by atoms with E-state index in [4.69, 9.17) is 4.74 Å². The molecule has 4 aromatic rings. The van der Waals surface area contributed by atoms with Crippen LogP contribution < -0.4 is 9.64 Å². The number of carbonyl (C=O) groups is 1. The Morgan fingerprint density at radius 3 is 1.46 bits per heavy atom. The molecule has 0 spiro atoms. The van der Waals surface area contributed by atoms with E-state index in [1.807, 2.05) is 45.0 Å². The van der Waals surface area contributed by atoms with E-state index in [1.165, 1.54) is 11.1 Å². The molecule has 4 aromatic carbocycles. The van der Waals surface area contributed by atoms with Gasteiger partial charge in [0.05, 0.1) is 5.41 Å². The van der Waals surface area contributed by atoms with Gasteiger partial charge in [0, 0.05) is 17.1 Å². The quantitative estimate of drug-likeness (QED) is 0.140. The molecular weight excluding hydrogens is 454 g/mol. The number of benzene rings is 4. The van der Waals surface area contributed by atoms with Crippen LogP contribution in [0.2, 0.25) is 0 Å². The molecule has 0 radical (unpaired) electrons. The van der Waals surface area contributed by atoms with Crippen molar-refractivity contribution in [1.29, 1.82) is 0 Å². The highest BCUT2D eigenvalue weighted by molar-refractivity contribution is 5.79. The van der Waals surface area contributed by atoms with Crippen molar-refractivity contribution in [3.8, 4) is 5.75 Å². The van der Waals surface area contributed by atoms with Crippen LogP contribution in [0.25, 0.3) is 12.2 Å². The Kier molecular flexibility index (Phi) is 7.93. The monoisotopic (exact) mass is 489 g/mol. The Morgan fingerprint density at radius 2 is 1.05 bits per heavy atom. The summed E-state index contributed by atoms with van der Waals surface area (Å²) in [6, 6.07) is 33.4. The van der Waals surface area contributed by atoms with Crippen LogP contribution in [0.4, 0.5) is 17.1 Å². The summed E-state index contributed by atoms with van der Waals surface area (Å²) in [4.78, 5) is 14.6. The molecule has 188 valence electrons. The van der Waals surface area contributed by atoms with Gasteiger partial charge < -0.3 is 9.64 Å². The Bertz CT molecular complexity index is 1300. The van der Waals surface area contributed by atoms with Crippen molar-refractivity contribution in [1.82, 2.24) is 0 Å². The van der Waals surface area contributed by atoms with Gasteiger partial charge in [-0.2, -0.15) is 0 Å². The van der Waals surface area contributed by atoms with E-state index in [0.717, 1.165) is 34.6 Å². The van der Waals surface area contributed by atoms with Crippen molar-refractivity contribution < 1.29 is 9.53 Å². The van der Waals surface area contributed by atoms with Crippen LogP contribution >= 0.6 is 0 Å². The number of ether oxygens (including phenoxy) is 1. The van der Waals surface area contributed by atoms with Crippen LogP contribution in [0, 0.1) is 19.3 Å². The molecule has 0 aliphatic heterocycles. The van der Waals surface area contributed by atoms with E-state index in [-0.39, 0.29) is 5.97 Å². The zero-order chi connectivity index (χ0) is 26.4. The second-order valence-corrected chi connectivity index (χ2v) is 10.1. The minimum atomic E-state index is -0.487. The van der Waals surface area contributed by atoms with Crippen molar-refractivity contribution in [3.63, 3.8) is 0 Å². The van der Waals surface area contributed by atoms with Crippen LogP contribution in [0.15, 0.2) is 97.1 Å². The Balaban J connectivity index is 1.50. The fraction of sp³-hybridized carbons (Fsp3) is 0.206. The molecule has 0 heterocycles. The fourth-order valence-electron chi connectivity index (χ4n) is 3.80. The number of anilines is 3. The van der Waals surface area contributed by atoms with Gasteiger partial charge in [-0.05, 0) is 93.8 Å². The summed E-state index contributed by atoms with van der Waals surface area (Å²) in [5.74, 6) is 0.365. The van der Waals surface area contributed by atoms with Crippen LogP contribution in [-0.2, 0) is 4.79 Å². The van der Waals surface area contributed by atoms with Crippen molar-refractivity contribution in [2.24, 2.45) is 5.41 Å². The number of hydrogen-bond acceptors (Lipinski definition) is 3. The minimum absolute atomic E-state index is 0.205. The first-order chi connectivity index (χ1) is 17.7. The van der Waals surface area contributed by atoms with Crippen LogP contribution in [-0.4, -0.2) is 5.97 Å². The molecule has 3 nitrogen and oxygen atoms in total. The van der Waals surface area contributed by atoms with E-state index >= 15 is 0 Å². The van der Waals surface area contributed by atoms with Gasteiger partial charge in [0.25, 0.3) is 0 Å². The standard InChI is InChI=1S/C34H35NO2/c1-6-34(4,5)33(36)37-32-23-15-28(16-24-32)12-11-27-13-21-31(22-14-27)35(29-17-7-25(2)8-18-29)30-19-9-26(3)10-20-30/h7-24H,6H2,1-5H3/b12-11+. The third kappa shape index (κ3) is 6.56. The molecule has 0 amide bonds. The van der Waals surface area contributed by atoms with Crippen LogP contribution in [0.1, 0.15) is 49.4 Å². The van der Waals surface area contributed by atoms with Gasteiger partial charge in [0.1, 0.15) is 5.75 Å². The van der Waals surface area contributed by atoms with Crippen LogP contribution in [0.3, 0.4) is 0 Å². The predicted octanol–water partition coefficient (Wildman–Crippen LogP) is 9.29. The lowest BCUT2D eigenvalue weighted by atomic mass is 9.91. The maximum Gasteiger partial charge on any atom is 0.316 e. The average molecular weight is 490 g/mol. The van der Waals surface area contributed by atoms with Gasteiger partial charge in [-0.25, -0.2) is 0 Å². The highest BCUT2D eigenvalue weighted by atomic mass is 16.5. The van der Waals surface area contributed by atoms with Crippen molar-refractivity contribution >= 4 is 35.2 Å². The zero-order valence-electron chi connectivity index (χ0n) is 22.4. The summed E-state index contributed by atoms with van der Waals surface area (Å²) in [6.45, 7) is 10.0. The molecule has 0 saturated carbocycles. The summed E-state index contributed by atoms with van der Waals surface area (Å²) in [7, 11) is 0. The molecule has 37 heavy (non-hydrogen) atoms. The van der Waals surface area contributed by atoms with Gasteiger partial charge in [-0.15, -0.1) is 0 Å². The lowest BCUT2D eigenvalue weighted by Gasteiger charge is -2.25. The summed E-state index contributed by atoms with van der Waals surface area (Å²) < 4.78 is 5.54. The van der Waals surface area contributed by atoms with Gasteiger partial charge in [0.2, 0.25) is 0 Å². The highest BCUT2D eigenvalue weighted by Crippen LogP contribution is 2.35. The molecule has 0 fully saturated rings. The van der Waals surface area contributed by atoms with E-state index in [1.54, 1.807) is 0 Å². The summed E-state index contributed by atoms with van der Waals surface area (Å²) in [5, 5.41) is 0. The molecule has 0 aliphatic carbocycles. The van der Waals surface area contributed by atoms with Gasteiger partial charge >= 0.3 is 5.97 Å². The number of esters is 1. The molecule has 0 atom stereocenters. The molecule has 0 aliphatic rings. The Hall–Kier alpha value is -4.11. The molecule has 0 aromatic heterocycles. The second kappa shape index (κ2) is 11.3. The molecule has 4 rings (SSSR count). The lowest BCUT2D eigenvalue weighted by molar-refractivity contribution is -0.144. The predicted molar refractivity (Wildman–Crippen MR) is 156 cm³/mol. The van der Waals surface area contributed by atoms with E-state index < -0.39 is 5.41 Å². The molecular formula is C34H35NO2. The summed E-state index contributed by atoms with van der Waals surface area (Å²) in [6.07, 6.45) is 4.89. The largest absolute Gasteiger partial charge is 0.426 e. The fourth-order valence-corrected chi connectivity index (χ4v) is 3.80. The summed E-state index contributed by atoms with van der Waals surface area (Å²) in [5.41, 5.74) is 7.50. The molecule has 3 heteroatoms. The second-order valence-electron chi connectivity index (χ2n) is 10.1. The lowest BCUT2D eigenvalue weighted by Crippen LogP contribution is -2.28. The van der Waals surface area contributed by atoms with E-state index in [0.29, 0.717) is 5.75 Å². The van der Waals surface area contributed by atoms with E-state index in [2.05, 4.69) is 104 Å². The summed E-state index contributed by atoms with van der Waals surface area (Å²) >= 11 is 0. The maximum absolute atomic E-state index is 12.3. The van der Waals surface area contributed by atoms with Crippen LogP contribution in [0.5, 0.6) is 5.75 Å². The Labute approximate surface area is 221 Å². The van der Waals surface area contributed by atoms with Gasteiger partial charge in [0.15, 0.2) is 0 Å². The van der Waals surface area contributed by atoms with Gasteiger partial charge in [-0.1, -0.05) is 78.7 Å². The molecule has 0 N–H and O–H groups in total. The minimum Gasteiger partial charge on any atom is -0.426 e. The third-order valence-corrected chi connectivity index (χ3v) is 6.73. The average Bonchev–Trinajstić information content (AvgIpc) is 2.91. The molecule has 0 saturated heterocycles. The molecule has 0 unspecified atom stereocenters. The topological polar surface area (TPSA) is 29.5 Å². The Morgan fingerprint density at radius 1 is 0.676 bits per heavy atom. The highest BCUT2D eigenvalue weighted by Gasteiger charge is 2.27. The zero-order valence-corrected chi connectivity index (χ0v) is 22.4. The molecule has 0 bridgehead atoms. The van der Waals surface area contributed by atoms with Crippen molar-refractivity contribution in [2.45, 2.75) is 41.0 Å². The number of rotatable bonds is 8. The van der Waals surface area contributed by atoms with E-state index in [9.17, 15) is 4.79 Å². The first kappa shape index (κ1) is 26.0. The first-order valence-electron chi connectivity index (χ1n) is 12.8. The first-order valence-corrected chi connectivity index (χ1v) is 12.8.